The second-order valence-electron chi connectivity index (χ2n) is 6.18. The molecule has 2 aromatic rings. The summed E-state index contributed by atoms with van der Waals surface area (Å²) in [5, 5.41) is 12.8. The van der Waals surface area contributed by atoms with Crippen LogP contribution in [0, 0.1) is 0 Å². The number of amides is 1. The van der Waals surface area contributed by atoms with Crippen molar-refractivity contribution < 1.29 is 19.5 Å². The molecule has 25 heavy (non-hydrogen) atoms. The number of carboxylic acid groups (broad SMARTS) is 1. The van der Waals surface area contributed by atoms with E-state index in [2.05, 4.69) is 12.2 Å². The fourth-order valence-corrected chi connectivity index (χ4v) is 4.64. The van der Waals surface area contributed by atoms with E-state index < -0.39 is 12.0 Å². The van der Waals surface area contributed by atoms with Gasteiger partial charge in [-0.05, 0) is 0 Å². The molecule has 0 fully saturated rings. The van der Waals surface area contributed by atoms with Gasteiger partial charge in [-0.1, -0.05) is 0 Å². The summed E-state index contributed by atoms with van der Waals surface area (Å²) in [6.45, 7) is 3.52. The molecule has 0 saturated heterocycles. The van der Waals surface area contributed by atoms with Gasteiger partial charge in [0.05, 0.1) is 0 Å². The quantitative estimate of drug-likeness (QED) is 0.494. The van der Waals surface area contributed by atoms with E-state index in [1.165, 1.54) is 6.92 Å². The predicted octanol–water partition coefficient (Wildman–Crippen LogP) is 2.79. The topological polar surface area (TPSA) is 83.5 Å². The Morgan fingerprint density at radius 3 is 2.60 bits per heavy atom. The average molecular weight is 408 g/mol. The Morgan fingerprint density at radius 1 is 1.20 bits per heavy atom. The van der Waals surface area contributed by atoms with Gasteiger partial charge in [-0.15, -0.1) is 0 Å². The Hall–Kier alpha value is -1.91. The molecule has 6 heteroatoms. The van der Waals surface area contributed by atoms with Gasteiger partial charge in [0.25, 0.3) is 0 Å². The van der Waals surface area contributed by atoms with Crippen LogP contribution < -0.4 is 5.32 Å². The number of carbonyl (C=O) groups is 3. The number of Topliss-reactive ketones (excluding diaryl/α,β-unsaturated/α-hetero) is 1. The molecule has 1 atom stereocenters. The first kappa shape index (κ1) is 19.4. The summed E-state index contributed by atoms with van der Waals surface area (Å²) in [6.07, 6.45) is 3.90. The van der Waals surface area contributed by atoms with Crippen molar-refractivity contribution >= 4 is 41.8 Å². The summed E-state index contributed by atoms with van der Waals surface area (Å²) >= 11 is -0.178. The van der Waals surface area contributed by atoms with Gasteiger partial charge in [0, 0.05) is 0 Å². The van der Waals surface area contributed by atoms with Gasteiger partial charge in [0.1, 0.15) is 0 Å². The Kier molecular flexibility index (Phi) is 6.97. The third-order valence-electron chi connectivity index (χ3n) is 4.03. The van der Waals surface area contributed by atoms with E-state index in [1.54, 1.807) is 6.07 Å². The first-order valence-corrected chi connectivity index (χ1v) is 10.2. The number of hydrogen-bond donors (Lipinski definition) is 2. The zero-order chi connectivity index (χ0) is 18.4. The van der Waals surface area contributed by atoms with Gasteiger partial charge < -0.3 is 0 Å². The molecule has 0 aliphatic rings. The number of aromatic carboxylic acids is 1. The number of carbonyl (C=O) groups excluding carboxylic acids is 2. The van der Waals surface area contributed by atoms with Crippen LogP contribution in [0.15, 0.2) is 24.3 Å². The number of hydrogen-bond acceptors (Lipinski definition) is 3. The van der Waals surface area contributed by atoms with Gasteiger partial charge in [-0.2, -0.15) is 0 Å². The molecule has 1 aromatic carbocycles. The van der Waals surface area contributed by atoms with Gasteiger partial charge >= 0.3 is 153 Å². The molecule has 0 bridgehead atoms. The van der Waals surface area contributed by atoms with Crippen LogP contribution >= 0.6 is 0 Å². The van der Waals surface area contributed by atoms with Crippen LogP contribution in [0.25, 0.3) is 9.65 Å². The number of carboxylic acids is 1. The summed E-state index contributed by atoms with van der Waals surface area (Å²) in [4.78, 5) is 35.1. The molecule has 1 heterocycles. The molecular formula is C19H23NO4Se. The molecule has 5 nitrogen and oxygen atoms in total. The third-order valence-corrected chi connectivity index (χ3v) is 6.35. The first-order valence-electron chi connectivity index (χ1n) is 8.46. The SMILES string of the molecule is CCCCC[C@H](NC(C)=O)C(=O)Cc1ccc2[se]c(C(=O)O)cc2c1. The Bertz CT molecular complexity index is 781. The average Bonchev–Trinajstić information content (AvgIpc) is 2.97. The van der Waals surface area contributed by atoms with E-state index in [0.29, 0.717) is 10.9 Å². The molecule has 0 aliphatic heterocycles. The minimum atomic E-state index is -0.879. The zero-order valence-corrected chi connectivity index (χ0v) is 16.2. The van der Waals surface area contributed by atoms with Crippen LogP contribution in [0.1, 0.15) is 54.3 Å². The molecule has 1 aromatic heterocycles. The van der Waals surface area contributed by atoms with Crippen molar-refractivity contribution in [1.82, 2.24) is 5.32 Å². The molecule has 0 saturated carbocycles. The van der Waals surface area contributed by atoms with Crippen molar-refractivity contribution in [2.75, 3.05) is 0 Å². The Morgan fingerprint density at radius 2 is 1.96 bits per heavy atom. The minimum absolute atomic E-state index is 0.00259. The number of fused-ring (bicyclic) bond motifs is 1. The molecule has 0 unspecified atom stereocenters. The third kappa shape index (κ3) is 5.55. The van der Waals surface area contributed by atoms with Gasteiger partial charge in [-0.3, -0.25) is 0 Å². The number of benzene rings is 1. The summed E-state index contributed by atoms with van der Waals surface area (Å²) in [5.74, 6) is -1.08. The Labute approximate surface area is 153 Å². The van der Waals surface area contributed by atoms with E-state index >= 15 is 0 Å². The monoisotopic (exact) mass is 409 g/mol. The molecule has 0 aliphatic carbocycles. The van der Waals surface area contributed by atoms with E-state index in [-0.39, 0.29) is 32.6 Å². The predicted molar refractivity (Wildman–Crippen MR) is 98.3 cm³/mol. The fraction of sp³-hybridized carbons (Fsp3) is 0.421. The molecule has 0 radical (unpaired) electrons. The summed E-state index contributed by atoms with van der Waals surface area (Å²) in [7, 11) is 0. The standard InChI is InChI=1S/C19H23NO4Se/c1-3-4-5-6-15(20-12(2)21)16(22)10-13-7-8-17-14(9-13)11-18(25-17)19(23)24/h7-9,11,15H,3-6,10H2,1-2H3,(H,20,21)(H,23,24)/t15-/m0/s1. The van der Waals surface area contributed by atoms with Crippen molar-refractivity contribution in [2.45, 2.75) is 52.0 Å². The van der Waals surface area contributed by atoms with Crippen LogP contribution in [-0.4, -0.2) is 43.3 Å². The van der Waals surface area contributed by atoms with Crippen LogP contribution in [0.4, 0.5) is 0 Å². The van der Waals surface area contributed by atoms with Crippen LogP contribution in [0.3, 0.4) is 0 Å². The van der Waals surface area contributed by atoms with Crippen molar-refractivity contribution in [3.05, 3.63) is 34.3 Å². The van der Waals surface area contributed by atoms with Gasteiger partial charge in [0.15, 0.2) is 0 Å². The summed E-state index contributed by atoms with van der Waals surface area (Å²) in [5.41, 5.74) is 0.855. The van der Waals surface area contributed by atoms with Crippen molar-refractivity contribution in [3.63, 3.8) is 0 Å². The number of nitrogens with one attached hydrogen (secondary N) is 1. The maximum absolute atomic E-state index is 12.6. The van der Waals surface area contributed by atoms with Crippen molar-refractivity contribution in [1.29, 1.82) is 0 Å². The van der Waals surface area contributed by atoms with Crippen LogP contribution in [0.2, 0.25) is 0 Å². The normalized spacial score (nSPS) is 12.1. The van der Waals surface area contributed by atoms with E-state index in [1.807, 2.05) is 18.2 Å². The van der Waals surface area contributed by atoms with E-state index in [4.69, 9.17) is 5.11 Å². The van der Waals surface area contributed by atoms with Gasteiger partial charge in [-0.25, -0.2) is 0 Å². The maximum atomic E-state index is 12.6. The molecular weight excluding hydrogens is 385 g/mol. The summed E-state index contributed by atoms with van der Waals surface area (Å²) < 4.78 is 1.46. The van der Waals surface area contributed by atoms with Gasteiger partial charge in [0.2, 0.25) is 0 Å². The second kappa shape index (κ2) is 8.97. The van der Waals surface area contributed by atoms with E-state index in [0.717, 1.165) is 34.5 Å². The molecule has 2 N–H and O–H groups in total. The van der Waals surface area contributed by atoms with Crippen molar-refractivity contribution in [3.8, 4) is 0 Å². The number of unbranched alkanes of at least 4 members (excludes halogenated alkanes) is 2. The first-order chi connectivity index (χ1) is 11.9. The van der Waals surface area contributed by atoms with Crippen molar-refractivity contribution in [2.24, 2.45) is 0 Å². The fourth-order valence-electron chi connectivity index (χ4n) is 2.79. The molecule has 134 valence electrons. The zero-order valence-electron chi connectivity index (χ0n) is 14.5. The molecule has 0 spiro atoms. The van der Waals surface area contributed by atoms with Crippen LogP contribution in [-0.2, 0) is 16.0 Å². The molecule has 1 amide bonds. The van der Waals surface area contributed by atoms with E-state index in [9.17, 15) is 14.4 Å². The van der Waals surface area contributed by atoms with Crippen LogP contribution in [0.5, 0.6) is 0 Å². The second-order valence-corrected chi connectivity index (χ2v) is 8.45. The Balaban J connectivity index is 2.11. The number of rotatable bonds is 9. The summed E-state index contributed by atoms with van der Waals surface area (Å²) in [6, 6.07) is 6.93. The molecule has 2 rings (SSSR count). The number of ketones is 1.